The van der Waals surface area contributed by atoms with Crippen LogP contribution in [0, 0.1) is 0 Å². The van der Waals surface area contributed by atoms with Crippen LogP contribution in [0.1, 0.15) is 12.8 Å². The van der Waals surface area contributed by atoms with E-state index < -0.39 is 61.6 Å². The molecule has 0 saturated heterocycles. The molecule has 0 amide bonds. The van der Waals surface area contributed by atoms with E-state index in [0.717, 1.165) is 0 Å². The molecule has 17 heteroatoms. The highest BCUT2D eigenvalue weighted by Gasteiger charge is 2.72. The first-order chi connectivity index (χ1) is 11.5. The van der Waals surface area contributed by atoms with Crippen LogP contribution in [0.15, 0.2) is 0 Å². The fourth-order valence-electron chi connectivity index (χ4n) is 1.26. The van der Waals surface area contributed by atoms with Crippen LogP contribution in [0.4, 0.5) is 70.2 Å². The fraction of sp³-hybridized carbons (Fsp3) is 1.00. The van der Waals surface area contributed by atoms with Crippen molar-refractivity contribution in [2.45, 2.75) is 61.6 Å². The van der Waals surface area contributed by atoms with Gasteiger partial charge < -0.3 is 0 Å². The molecule has 0 aliphatic rings. The Morgan fingerprint density at radius 1 is 0.481 bits per heavy atom. The Hall–Kier alpha value is -1.16. The Kier molecular flexibility index (Phi) is 7.03. The first-order valence-corrected chi connectivity index (χ1v) is 6.04. The Morgan fingerprint density at radius 2 is 0.704 bits per heavy atom. The molecule has 27 heavy (non-hydrogen) atoms. The molecule has 0 bridgehead atoms. The van der Waals surface area contributed by atoms with Gasteiger partial charge in [0.2, 0.25) is 0 Å². The lowest BCUT2D eigenvalue weighted by Gasteiger charge is -2.34. The zero-order valence-corrected chi connectivity index (χ0v) is 12.0. The third-order valence-corrected chi connectivity index (χ3v) is 2.66. The van der Waals surface area contributed by atoms with E-state index in [1.165, 1.54) is 0 Å². The van der Waals surface area contributed by atoms with Crippen LogP contribution in [0.5, 0.6) is 0 Å². The van der Waals surface area contributed by atoms with Gasteiger partial charge in [0, 0.05) is 0 Å². The average molecular weight is 446 g/mol. The second-order valence-electron chi connectivity index (χ2n) is 5.02. The van der Waals surface area contributed by atoms with Gasteiger partial charge >= 0.3 is 48.8 Å². The number of halogens is 16. The molecule has 164 valence electrons. The summed E-state index contributed by atoms with van der Waals surface area (Å²) < 4.78 is 202. The van der Waals surface area contributed by atoms with E-state index in [1.807, 2.05) is 0 Å². The van der Waals surface area contributed by atoms with Crippen molar-refractivity contribution in [1.29, 1.82) is 0 Å². The maximum Gasteiger partial charge on any atom is 0.424 e. The zero-order chi connectivity index (χ0) is 22.3. The topological polar surface area (TPSA) is 9.23 Å². The summed E-state index contributed by atoms with van der Waals surface area (Å²) >= 11 is 0. The van der Waals surface area contributed by atoms with Gasteiger partial charge in [-0.15, -0.1) is 0 Å². The van der Waals surface area contributed by atoms with Crippen LogP contribution in [-0.2, 0) is 4.74 Å². The van der Waals surface area contributed by atoms with Crippen molar-refractivity contribution in [3.8, 4) is 0 Å². The summed E-state index contributed by atoms with van der Waals surface area (Å²) in [5.74, 6) is -25.1. The molecule has 0 fully saturated rings. The number of alkyl halides is 16. The Labute approximate surface area is 138 Å². The third kappa shape index (κ3) is 5.91. The summed E-state index contributed by atoms with van der Waals surface area (Å²) in [6.07, 6.45) is -31.8. The summed E-state index contributed by atoms with van der Waals surface area (Å²) in [5.41, 5.74) is 0. The summed E-state index contributed by atoms with van der Waals surface area (Å²) in [6.45, 7) is 0. The minimum atomic E-state index is -7.02. The molecule has 0 radical (unpaired) electrons. The monoisotopic (exact) mass is 446 g/mol. The Morgan fingerprint density at radius 3 is 0.889 bits per heavy atom. The van der Waals surface area contributed by atoms with E-state index in [-0.39, 0.29) is 0 Å². The number of rotatable bonds is 10. The van der Waals surface area contributed by atoms with Crippen LogP contribution < -0.4 is 0 Å². The van der Waals surface area contributed by atoms with Gasteiger partial charge in [-0.1, -0.05) is 0 Å². The molecule has 0 atom stereocenters. The van der Waals surface area contributed by atoms with E-state index in [4.69, 9.17) is 0 Å². The molecule has 0 saturated carbocycles. The Bertz CT molecular complexity index is 453. The second-order valence-corrected chi connectivity index (χ2v) is 5.02. The molecule has 1 nitrogen and oxygen atoms in total. The molecule has 0 N–H and O–H groups in total. The molecule has 0 aromatic rings. The van der Waals surface area contributed by atoms with Crippen molar-refractivity contribution in [3.05, 3.63) is 0 Å². The molecule has 0 aliphatic heterocycles. The lowest BCUT2D eigenvalue weighted by Crippen LogP contribution is -2.56. The van der Waals surface area contributed by atoms with Crippen molar-refractivity contribution in [2.75, 3.05) is 0 Å². The van der Waals surface area contributed by atoms with Crippen LogP contribution in [-0.4, -0.2) is 48.8 Å². The minimum Gasteiger partial charge on any atom is -0.246 e. The second kappa shape index (κ2) is 7.35. The van der Waals surface area contributed by atoms with E-state index >= 15 is 0 Å². The highest BCUT2D eigenvalue weighted by atomic mass is 19.4. The molecule has 0 unspecified atom stereocenters. The quantitative estimate of drug-likeness (QED) is 0.372. The number of ether oxygens (including phenoxy) is 1. The van der Waals surface area contributed by atoms with Gasteiger partial charge in [-0.2, -0.15) is 35.1 Å². The van der Waals surface area contributed by atoms with Crippen LogP contribution in [0.2, 0.25) is 0 Å². The fourth-order valence-corrected chi connectivity index (χ4v) is 1.26. The van der Waals surface area contributed by atoms with E-state index in [9.17, 15) is 70.2 Å². The summed E-state index contributed by atoms with van der Waals surface area (Å²) in [6, 6.07) is 0. The molecule has 0 aromatic carbocycles. The van der Waals surface area contributed by atoms with Gasteiger partial charge in [0.25, 0.3) is 0 Å². The van der Waals surface area contributed by atoms with E-state index in [2.05, 4.69) is 0 Å². The lowest BCUT2D eigenvalue weighted by molar-refractivity contribution is -0.475. The van der Waals surface area contributed by atoms with Crippen LogP contribution >= 0.6 is 0 Å². The molecule has 0 aliphatic carbocycles. The van der Waals surface area contributed by atoms with Crippen molar-refractivity contribution in [1.82, 2.24) is 0 Å². The smallest absolute Gasteiger partial charge is 0.246 e. The largest absolute Gasteiger partial charge is 0.424 e. The highest BCUT2D eigenvalue weighted by molar-refractivity contribution is 4.90. The molecule has 0 spiro atoms. The predicted octanol–water partition coefficient (Wildman–Crippen LogP) is 6.04. The molecule has 0 rings (SSSR count). The van der Waals surface area contributed by atoms with Gasteiger partial charge in [-0.25, -0.2) is 39.9 Å². The number of hydrogen-bond donors (Lipinski definition) is 0. The maximum atomic E-state index is 12.9. The highest BCUT2D eigenvalue weighted by Crippen LogP contribution is 2.51. The summed E-state index contributed by atoms with van der Waals surface area (Å²) in [5, 5.41) is 0. The van der Waals surface area contributed by atoms with Gasteiger partial charge in [0.05, 0.1) is 12.8 Å². The van der Waals surface area contributed by atoms with Crippen LogP contribution in [0.25, 0.3) is 0 Å². The van der Waals surface area contributed by atoms with Crippen molar-refractivity contribution in [3.63, 3.8) is 0 Å². The van der Waals surface area contributed by atoms with Gasteiger partial charge in [0.1, 0.15) is 0 Å². The van der Waals surface area contributed by atoms with Gasteiger partial charge in [-0.05, 0) is 0 Å². The summed E-state index contributed by atoms with van der Waals surface area (Å²) in [7, 11) is 0. The standard InChI is InChI=1S/C10H6F16O/c11-3(12)5(15,16)1-7(19,20)9(23,24)27-10(25,26)8(21,22)2-6(17,18)4(13)14/h3-4H,1-2H2. The molecular formula is C10H6F16O. The third-order valence-electron chi connectivity index (χ3n) is 2.66. The van der Waals surface area contributed by atoms with Crippen molar-refractivity contribution < 1.29 is 75.0 Å². The maximum absolute atomic E-state index is 12.9. The molecule has 0 aromatic heterocycles. The molecule has 0 heterocycles. The average Bonchev–Trinajstić information content (AvgIpc) is 2.33. The van der Waals surface area contributed by atoms with E-state index in [1.54, 1.807) is 4.74 Å². The molecular weight excluding hydrogens is 440 g/mol. The predicted molar refractivity (Wildman–Crippen MR) is 52.0 cm³/mol. The minimum absolute atomic E-state index is 1.68. The van der Waals surface area contributed by atoms with E-state index in [0.29, 0.717) is 0 Å². The van der Waals surface area contributed by atoms with Crippen LogP contribution in [0.3, 0.4) is 0 Å². The van der Waals surface area contributed by atoms with Crippen molar-refractivity contribution >= 4 is 0 Å². The first kappa shape index (κ1) is 25.8. The van der Waals surface area contributed by atoms with Gasteiger partial charge in [0.15, 0.2) is 0 Å². The first-order valence-electron chi connectivity index (χ1n) is 6.04. The Balaban J connectivity index is 5.61. The normalized spacial score (nSPS) is 15.8. The van der Waals surface area contributed by atoms with Gasteiger partial charge in [-0.3, -0.25) is 0 Å². The number of hydrogen-bond acceptors (Lipinski definition) is 1. The zero-order valence-electron chi connectivity index (χ0n) is 12.0. The SMILES string of the molecule is FC(F)C(F)(F)CC(F)(F)C(F)(F)OC(F)(F)C(F)(F)CC(F)(F)C(F)F. The summed E-state index contributed by atoms with van der Waals surface area (Å²) in [4.78, 5) is 0. The van der Waals surface area contributed by atoms with Crippen molar-refractivity contribution in [2.24, 2.45) is 0 Å². The lowest BCUT2D eigenvalue weighted by atomic mass is 10.1.